The highest BCUT2D eigenvalue weighted by Gasteiger charge is 2.52. The third kappa shape index (κ3) is 2.30. The number of pyridine rings is 2. The van der Waals surface area contributed by atoms with Crippen LogP contribution in [0.15, 0.2) is 24.3 Å². The first-order valence-electron chi connectivity index (χ1n) is 10.4. The van der Waals surface area contributed by atoms with Crippen molar-refractivity contribution in [3.05, 3.63) is 30.1 Å². The molecule has 144 valence electrons. The molecule has 4 aliphatic carbocycles. The summed E-state index contributed by atoms with van der Waals surface area (Å²) in [5.74, 6) is 4.57. The second-order valence-electron chi connectivity index (χ2n) is 9.38. The van der Waals surface area contributed by atoms with Gasteiger partial charge in [-0.3, -0.25) is 0 Å². The lowest BCUT2D eigenvalue weighted by atomic mass is 9.53. The lowest BCUT2D eigenvalue weighted by Gasteiger charge is -2.57. The van der Waals surface area contributed by atoms with Gasteiger partial charge < -0.3 is 16.0 Å². The van der Waals surface area contributed by atoms with Crippen molar-refractivity contribution in [1.82, 2.24) is 19.5 Å². The fourth-order valence-electron chi connectivity index (χ4n) is 6.86. The van der Waals surface area contributed by atoms with Crippen LogP contribution in [0.25, 0.3) is 22.4 Å². The van der Waals surface area contributed by atoms with Crippen molar-refractivity contribution in [2.24, 2.45) is 17.8 Å². The van der Waals surface area contributed by atoms with E-state index >= 15 is 0 Å². The summed E-state index contributed by atoms with van der Waals surface area (Å²) in [6.45, 7) is 2.14. The number of hydrogen-bond donors (Lipinski definition) is 2. The lowest BCUT2D eigenvalue weighted by Crippen LogP contribution is -2.52. The van der Waals surface area contributed by atoms with E-state index in [-0.39, 0.29) is 5.54 Å². The average molecular weight is 374 g/mol. The monoisotopic (exact) mass is 374 g/mol. The molecule has 0 atom stereocenters. The maximum Gasteiger partial charge on any atom is 0.161 e. The van der Waals surface area contributed by atoms with Crippen molar-refractivity contribution in [3.63, 3.8) is 0 Å². The van der Waals surface area contributed by atoms with Gasteiger partial charge in [-0.15, -0.1) is 0 Å². The average Bonchev–Trinajstić information content (AvgIpc) is 2.95. The van der Waals surface area contributed by atoms with Gasteiger partial charge in [0.15, 0.2) is 5.65 Å². The predicted molar refractivity (Wildman–Crippen MR) is 110 cm³/mol. The highest BCUT2D eigenvalue weighted by atomic mass is 15.2. The zero-order valence-electron chi connectivity index (χ0n) is 16.2. The minimum atomic E-state index is 0.204. The van der Waals surface area contributed by atoms with Crippen molar-refractivity contribution in [1.29, 1.82) is 0 Å². The zero-order chi connectivity index (χ0) is 19.0. The van der Waals surface area contributed by atoms with Gasteiger partial charge in [-0.05, 0) is 87.5 Å². The number of hydrogen-bond acceptors (Lipinski definition) is 5. The summed E-state index contributed by atoms with van der Waals surface area (Å²) in [4.78, 5) is 14.0. The third-order valence-electron chi connectivity index (χ3n) is 7.31. The van der Waals surface area contributed by atoms with E-state index in [4.69, 9.17) is 21.4 Å². The Hall–Kier alpha value is -2.63. The first kappa shape index (κ1) is 16.3. The molecule has 3 aromatic rings. The molecule has 0 amide bonds. The number of imidazole rings is 1. The number of aromatic nitrogens is 4. The van der Waals surface area contributed by atoms with E-state index < -0.39 is 0 Å². The number of aryl methyl sites for hydroxylation is 1. The van der Waals surface area contributed by atoms with E-state index in [2.05, 4.69) is 22.5 Å². The third-order valence-corrected chi connectivity index (χ3v) is 7.31. The predicted octanol–water partition coefficient (Wildman–Crippen LogP) is 3.89. The number of nitrogens with two attached hydrogens (primary N) is 2. The number of nitrogen functional groups attached to an aromatic ring is 2. The Bertz CT molecular complexity index is 1040. The molecule has 3 aromatic heterocycles. The summed E-state index contributed by atoms with van der Waals surface area (Å²) in [6, 6.07) is 7.76. The van der Waals surface area contributed by atoms with Crippen molar-refractivity contribution in [2.75, 3.05) is 11.5 Å². The van der Waals surface area contributed by atoms with Gasteiger partial charge in [0, 0.05) is 11.1 Å². The quantitative estimate of drug-likeness (QED) is 0.709. The molecule has 0 radical (unpaired) electrons. The molecule has 0 spiro atoms. The van der Waals surface area contributed by atoms with Gasteiger partial charge >= 0.3 is 0 Å². The van der Waals surface area contributed by atoms with E-state index in [1.807, 2.05) is 18.2 Å². The summed E-state index contributed by atoms with van der Waals surface area (Å²) in [5.41, 5.74) is 15.8. The minimum absolute atomic E-state index is 0.204. The molecule has 0 aromatic carbocycles. The van der Waals surface area contributed by atoms with Crippen LogP contribution in [0.4, 0.5) is 11.6 Å². The highest BCUT2D eigenvalue weighted by Crippen LogP contribution is 2.59. The molecule has 4 N–H and O–H groups in total. The molecule has 28 heavy (non-hydrogen) atoms. The second-order valence-corrected chi connectivity index (χ2v) is 9.38. The van der Waals surface area contributed by atoms with Crippen LogP contribution in [-0.4, -0.2) is 19.5 Å². The van der Waals surface area contributed by atoms with Crippen LogP contribution < -0.4 is 11.5 Å². The van der Waals surface area contributed by atoms with Crippen LogP contribution in [0.1, 0.15) is 44.3 Å². The Labute approximate surface area is 164 Å². The van der Waals surface area contributed by atoms with E-state index in [1.54, 1.807) is 0 Å². The zero-order valence-corrected chi connectivity index (χ0v) is 16.2. The van der Waals surface area contributed by atoms with Crippen molar-refractivity contribution in [3.8, 4) is 11.3 Å². The van der Waals surface area contributed by atoms with Crippen LogP contribution >= 0.6 is 0 Å². The van der Waals surface area contributed by atoms with Crippen molar-refractivity contribution < 1.29 is 0 Å². The maximum atomic E-state index is 5.91. The molecule has 0 unspecified atom stereocenters. The highest BCUT2D eigenvalue weighted by molar-refractivity contribution is 5.77. The van der Waals surface area contributed by atoms with Gasteiger partial charge in [0.05, 0.1) is 5.69 Å². The Kier molecular flexibility index (Phi) is 3.19. The van der Waals surface area contributed by atoms with E-state index in [1.165, 1.54) is 38.5 Å². The molecule has 4 aliphatic rings. The molecule has 0 aliphatic heterocycles. The summed E-state index contributed by atoms with van der Waals surface area (Å²) < 4.78 is 2.49. The largest absolute Gasteiger partial charge is 0.384 e. The standard InChI is InChI=1S/C22H26N6/c1-12-25-18-3-2-17(16-7-19(23)27-20(24)8-16)26-21(18)28(12)22-9-13-4-14(10-22)6-15(5-13)11-22/h2-3,7-8,13-15H,4-6,9-11H2,1H3,(H4,23,24,27). The normalized spacial score (nSPS) is 31.0. The topological polar surface area (TPSA) is 95.6 Å². The Morgan fingerprint density at radius 2 is 1.50 bits per heavy atom. The van der Waals surface area contributed by atoms with E-state index in [0.717, 1.165) is 46.0 Å². The second kappa shape index (κ2) is 5.46. The van der Waals surface area contributed by atoms with Crippen LogP contribution in [0.3, 0.4) is 0 Å². The minimum Gasteiger partial charge on any atom is -0.384 e. The lowest BCUT2D eigenvalue weighted by molar-refractivity contribution is -0.0421. The van der Waals surface area contributed by atoms with Crippen molar-refractivity contribution in [2.45, 2.75) is 51.0 Å². The number of rotatable bonds is 2. The number of nitrogens with zero attached hydrogens (tertiary/aromatic N) is 4. The summed E-state index contributed by atoms with van der Waals surface area (Å²) >= 11 is 0. The summed E-state index contributed by atoms with van der Waals surface area (Å²) in [5, 5.41) is 0. The number of anilines is 2. The molecule has 4 fully saturated rings. The first-order valence-corrected chi connectivity index (χ1v) is 10.4. The Balaban J connectivity index is 1.53. The van der Waals surface area contributed by atoms with Gasteiger partial charge in [0.2, 0.25) is 0 Å². The molecule has 3 heterocycles. The van der Waals surface area contributed by atoms with Crippen LogP contribution in [-0.2, 0) is 5.54 Å². The van der Waals surface area contributed by atoms with Gasteiger partial charge in [-0.1, -0.05) is 0 Å². The Morgan fingerprint density at radius 3 is 2.11 bits per heavy atom. The summed E-state index contributed by atoms with van der Waals surface area (Å²) in [7, 11) is 0. The van der Waals surface area contributed by atoms with Gasteiger partial charge in [0.25, 0.3) is 0 Å². The molecule has 6 nitrogen and oxygen atoms in total. The Morgan fingerprint density at radius 1 is 0.893 bits per heavy atom. The molecular formula is C22H26N6. The van der Waals surface area contributed by atoms with Crippen LogP contribution in [0, 0.1) is 24.7 Å². The fraction of sp³-hybridized carbons (Fsp3) is 0.500. The fourth-order valence-corrected chi connectivity index (χ4v) is 6.86. The molecule has 4 saturated carbocycles. The van der Waals surface area contributed by atoms with Crippen LogP contribution in [0.2, 0.25) is 0 Å². The maximum absolute atomic E-state index is 5.91. The summed E-state index contributed by atoms with van der Waals surface area (Å²) in [6.07, 6.45) is 8.14. The molecular weight excluding hydrogens is 348 g/mol. The number of fused-ring (bicyclic) bond motifs is 1. The smallest absolute Gasteiger partial charge is 0.161 e. The van der Waals surface area contributed by atoms with Gasteiger partial charge in [-0.2, -0.15) is 0 Å². The molecule has 4 bridgehead atoms. The van der Waals surface area contributed by atoms with Gasteiger partial charge in [-0.25, -0.2) is 15.0 Å². The molecule has 6 heteroatoms. The molecule has 0 saturated heterocycles. The van der Waals surface area contributed by atoms with Crippen LogP contribution in [0.5, 0.6) is 0 Å². The SMILES string of the molecule is Cc1nc2ccc(-c3cc(N)nc(N)c3)nc2n1C12CC3CC(CC(C3)C1)C2. The van der Waals surface area contributed by atoms with E-state index in [9.17, 15) is 0 Å². The van der Waals surface area contributed by atoms with Gasteiger partial charge in [0.1, 0.15) is 23.0 Å². The van der Waals surface area contributed by atoms with E-state index in [0.29, 0.717) is 11.6 Å². The van der Waals surface area contributed by atoms with Crippen molar-refractivity contribution >= 4 is 22.8 Å². The first-order chi connectivity index (χ1) is 13.5. The molecule has 7 rings (SSSR count).